The molecule has 0 saturated carbocycles. The van der Waals surface area contributed by atoms with E-state index < -0.39 is 56.5 Å². The number of anilines is 1. The van der Waals surface area contributed by atoms with Gasteiger partial charge < -0.3 is 61.4 Å². The summed E-state index contributed by atoms with van der Waals surface area (Å²) in [7, 11) is -6.03. The molecule has 110 heavy (non-hydrogen) atoms. The van der Waals surface area contributed by atoms with Gasteiger partial charge >= 0.3 is 52.4 Å². The maximum atomic E-state index is 5.11. The number of rotatable bonds is 8. The van der Waals surface area contributed by atoms with E-state index in [1.807, 2.05) is 18.2 Å². The fourth-order valence-corrected chi connectivity index (χ4v) is 9.53. The Labute approximate surface area is 723 Å². The Balaban J connectivity index is 0. The molecule has 0 aliphatic carbocycles. The molecule has 8 aromatic carbocycles. The Morgan fingerprint density at radius 2 is 0.591 bits per heavy atom. The van der Waals surface area contributed by atoms with Gasteiger partial charge in [-0.05, 0) is 152 Å². The van der Waals surface area contributed by atoms with Crippen LogP contribution in [0.15, 0.2) is 182 Å². The summed E-state index contributed by atoms with van der Waals surface area (Å²) in [6.07, 6.45) is 0. The predicted octanol–water partition coefficient (Wildman–Crippen LogP) is 31.6. The number of aromatic nitrogens is 2. The fraction of sp³-hybridized carbons (Fsp3) is 0.412. The minimum Gasteiger partial charge on any atom is -0.461 e. The van der Waals surface area contributed by atoms with Gasteiger partial charge in [0.2, 0.25) is 0 Å². The summed E-state index contributed by atoms with van der Waals surface area (Å²) in [6.45, 7) is 103. The number of pyridine rings is 2. The molecule has 10 rings (SSSR count). The molecule has 2 heterocycles. The van der Waals surface area contributed by atoms with Crippen molar-refractivity contribution in [3.63, 3.8) is 0 Å². The third kappa shape index (κ3) is 49.0. The molecule has 0 aliphatic rings. The minimum atomic E-state index is -0.861. The number of benzene rings is 8. The predicted molar refractivity (Wildman–Crippen MR) is 519 cm³/mol. The van der Waals surface area contributed by atoms with Crippen LogP contribution >= 0.6 is 0 Å². The van der Waals surface area contributed by atoms with Crippen molar-refractivity contribution < 1.29 is 52.4 Å². The quantitative estimate of drug-likeness (QED) is 0.0937. The summed E-state index contributed by atoms with van der Waals surface area (Å²) in [5, 5.41) is 18.3. The van der Waals surface area contributed by atoms with E-state index in [1.54, 1.807) is 0 Å². The van der Waals surface area contributed by atoms with E-state index in [1.165, 1.54) is 87.6 Å². The van der Waals surface area contributed by atoms with E-state index in [0.29, 0.717) is 6.54 Å². The minimum absolute atomic E-state index is 0. The first-order chi connectivity index (χ1) is 48.2. The monoisotopic (exact) mass is 1750 g/mol. The van der Waals surface area contributed by atoms with Crippen molar-refractivity contribution in [2.75, 3.05) is 5.32 Å². The van der Waals surface area contributed by atoms with Crippen molar-refractivity contribution in [3.8, 4) is 22.5 Å². The summed E-state index contributed by atoms with van der Waals surface area (Å²) in [5.41, 5.74) is 12.5. The van der Waals surface area contributed by atoms with E-state index in [9.17, 15) is 0 Å². The van der Waals surface area contributed by atoms with E-state index in [4.69, 9.17) is 15.3 Å². The van der Waals surface area contributed by atoms with Crippen LogP contribution in [0.4, 0.5) is 11.6 Å². The molecular formula is C97H152N4Si7Zr2-. The molecule has 0 amide bonds. The van der Waals surface area contributed by atoms with Gasteiger partial charge in [-0.25, -0.2) is 4.98 Å². The first kappa shape index (κ1) is 108. The molecule has 0 spiro atoms. The molecule has 1 radical (unpaired) electrons. The van der Waals surface area contributed by atoms with Crippen LogP contribution in [0.2, 0.25) is 137 Å². The van der Waals surface area contributed by atoms with Gasteiger partial charge in [-0.3, -0.25) is 0 Å². The van der Waals surface area contributed by atoms with Crippen LogP contribution in [-0.4, -0.2) is 66.5 Å². The molecule has 0 unspecified atom stereocenters. The molecule has 1 N–H and O–H groups in total. The number of fused-ring (bicyclic) bond motifs is 4. The number of nitrogens with zero attached hydrogens (tertiary/aromatic N) is 3. The molecule has 2 aromatic heterocycles. The molecule has 10 aromatic rings. The van der Waals surface area contributed by atoms with Crippen LogP contribution < -0.4 is 5.32 Å². The summed E-state index contributed by atoms with van der Waals surface area (Å²) < 4.78 is 0. The molecule has 4 nitrogen and oxygen atoms in total. The Morgan fingerprint density at radius 3 is 0.909 bits per heavy atom. The van der Waals surface area contributed by atoms with Gasteiger partial charge in [0.15, 0.2) is 0 Å². The second kappa shape index (κ2) is 45.5. The molecule has 597 valence electrons. The van der Waals surface area contributed by atoms with Crippen molar-refractivity contribution in [1.29, 1.82) is 0 Å². The van der Waals surface area contributed by atoms with E-state index >= 15 is 0 Å². The Bertz CT molecular complexity index is 3930. The number of hydrogen-bond donors (Lipinski definition) is 1. The second-order valence-corrected chi connectivity index (χ2v) is 77.5. The molecule has 13 heteroatoms. The smallest absolute Gasteiger partial charge is 0.461 e. The zero-order valence-corrected chi connectivity index (χ0v) is 86.9. The van der Waals surface area contributed by atoms with E-state index in [0.717, 1.165) is 29.6 Å². The van der Waals surface area contributed by atoms with Crippen LogP contribution in [0.3, 0.4) is 0 Å². The summed E-state index contributed by atoms with van der Waals surface area (Å²) >= 11 is 0. The zero-order chi connectivity index (χ0) is 82.5. The first-order valence-electron chi connectivity index (χ1n) is 38.6. The standard InChI is InChI=1S/C34H36N2.C34H35N2.7C4H11Si.CH4.2Zr/c2*1-33(2,3)26-17-18-28-25(20-26)19-24-15-16-27(34(4,5)6)21-29(24)32(28)30-13-10-14-31(36-30)35-22-23-11-8-7-9-12-23;7*1-5(2,3)4;;;/h7-21H,22H2,1-6H3,(H,35,36);7-21H,22H2,1-6H3;7*1H2,2-4H3;1H4;;/q;8*-1;;+3;+4. The van der Waals surface area contributed by atoms with Crippen molar-refractivity contribution >= 4 is 111 Å². The SMILES string of the molecule is C.CC(C)(C)c1ccc2c(-c3cccc(NCc4ccccc4)n3)c3cc(C(C)(C)C)ccc3cc2c1.CC(C)(C)c1ccc2c(-c3cccc([N-]Cc4ccccc4)n3)c3cc(C(C)(C)C)ccc3cc2c1.[CH2-][Si](C)(C)C.[CH2-][Si](C)(C)C.[CH2-][Si](C)(C)C.[CH2-][Si](C)(C)C.[CH2-][Si](C)(C)C.[CH2-][Si](C)(C)C.[CH2-][Si](C)(C)C.[Zr+3].[Zr+4]. The molecule has 0 fully saturated rings. The molecular weight excluding hydrogens is 1600 g/mol. The maximum Gasteiger partial charge on any atom is 4.00 e. The van der Waals surface area contributed by atoms with Crippen LogP contribution in [0.5, 0.6) is 0 Å². The molecule has 0 saturated heterocycles. The van der Waals surface area contributed by atoms with Crippen molar-refractivity contribution in [2.45, 2.75) is 263 Å². The Hall–Kier alpha value is -4.02. The van der Waals surface area contributed by atoms with Crippen LogP contribution in [-0.2, 0) is 87.2 Å². The van der Waals surface area contributed by atoms with Gasteiger partial charge in [0.05, 0.1) is 5.69 Å². The molecule has 0 atom stereocenters. The third-order valence-electron chi connectivity index (χ3n) is 14.0. The topological polar surface area (TPSA) is 51.9 Å². The fourth-order valence-electron chi connectivity index (χ4n) is 9.53. The van der Waals surface area contributed by atoms with Gasteiger partial charge in [-0.15, -0.1) is 56.5 Å². The first-order valence-corrected chi connectivity index (χ1v) is 64.6. The average Bonchev–Trinajstić information content (AvgIpc) is 0.752. The van der Waals surface area contributed by atoms with Gasteiger partial charge in [-0.1, -0.05) is 379 Å². The van der Waals surface area contributed by atoms with Crippen LogP contribution in [0.25, 0.3) is 70.9 Å². The third-order valence-corrected chi connectivity index (χ3v) is 14.0. The summed E-state index contributed by atoms with van der Waals surface area (Å²) in [5.74, 6) is 1.65. The van der Waals surface area contributed by atoms with Crippen LogP contribution in [0, 0.1) is 45.8 Å². The Kier molecular flexibility index (Phi) is 44.7. The van der Waals surface area contributed by atoms with Gasteiger partial charge in [0.1, 0.15) is 5.82 Å². The van der Waals surface area contributed by atoms with Crippen molar-refractivity contribution in [2.24, 2.45) is 0 Å². The normalized spacial score (nSPS) is 11.9. The van der Waals surface area contributed by atoms with Gasteiger partial charge in [-0.2, -0.15) is 0 Å². The average molecular weight is 1750 g/mol. The summed E-state index contributed by atoms with van der Waals surface area (Å²) in [6, 6.07) is 65.6. The van der Waals surface area contributed by atoms with Crippen molar-refractivity contribution in [3.05, 3.63) is 267 Å². The Morgan fingerprint density at radius 1 is 0.309 bits per heavy atom. The van der Waals surface area contributed by atoms with Crippen molar-refractivity contribution in [1.82, 2.24) is 9.97 Å². The molecule has 0 aliphatic heterocycles. The maximum absolute atomic E-state index is 5.11. The zero-order valence-electron chi connectivity index (χ0n) is 75.0. The van der Waals surface area contributed by atoms with E-state index in [-0.39, 0.29) is 81.5 Å². The van der Waals surface area contributed by atoms with Gasteiger partial charge in [0, 0.05) is 12.1 Å². The number of nitrogens with one attached hydrogen (secondary N) is 1. The summed E-state index contributed by atoms with van der Waals surface area (Å²) in [4.78, 5) is 10.2. The largest absolute Gasteiger partial charge is 4.00 e. The van der Waals surface area contributed by atoms with Crippen LogP contribution in [0.1, 0.15) is 124 Å². The number of hydrogen-bond acceptors (Lipinski definition) is 3. The molecule has 0 bridgehead atoms. The second-order valence-electron chi connectivity index (χ2n) is 41.6. The van der Waals surface area contributed by atoms with E-state index in [2.05, 4.69) is 436 Å². The van der Waals surface area contributed by atoms with Gasteiger partial charge in [0.25, 0.3) is 0 Å².